The Morgan fingerprint density at radius 1 is 0.855 bits per heavy atom. The molecule has 1 aliphatic rings. The molecule has 0 amide bonds. The molecular weight excluding hydrogens is 808 g/mol. The van der Waals surface area contributed by atoms with Crippen molar-refractivity contribution in [2.45, 2.75) is 102 Å². The fourth-order valence-electron chi connectivity index (χ4n) is 7.49. The lowest BCUT2D eigenvalue weighted by atomic mass is 9.80. The normalized spacial score (nSPS) is 17.9. The number of H-pyrrole nitrogens is 1. The summed E-state index contributed by atoms with van der Waals surface area (Å²) in [6.07, 6.45) is 5.88. The summed E-state index contributed by atoms with van der Waals surface area (Å²) < 4.78 is 48.2. The van der Waals surface area contributed by atoms with Crippen molar-refractivity contribution in [3.05, 3.63) is 128 Å². The zero-order valence-electron chi connectivity index (χ0n) is 36.5. The predicted octanol–water partition coefficient (Wildman–Crippen LogP) is 7.68. The first-order valence-corrected chi connectivity index (χ1v) is 21.9. The van der Waals surface area contributed by atoms with E-state index in [0.29, 0.717) is 24.3 Å². The van der Waals surface area contributed by atoms with E-state index in [1.807, 2.05) is 107 Å². The standard InChI is InChI=1S/C48H57N4O9P/c1-9-10-11-12-13-15-19-36-32-51(47(54)50-45(36)53)46-44(57-8)43(61-62(59-31-18-30-49)52(34(2)3)35(4)5)42(60-46)33-58-48(37-20-16-14-17-21-37,38-22-26-40(55-6)27-23-38)39-24-28-41(56-7)29-25-39/h1,14,16-17,20-29,32,34-35,42-44,46H,10-13,18,31,33H2,2-8H3,(H,50,53,54)/t42-,43-,44-,46-,62?/m1/s1. The van der Waals surface area contributed by atoms with Gasteiger partial charge in [-0.2, -0.15) is 5.26 Å². The third-order valence-corrected chi connectivity index (χ3v) is 12.5. The maximum Gasteiger partial charge on any atom is 0.330 e. The minimum absolute atomic E-state index is 0.0117. The molecule has 0 spiro atoms. The molecule has 5 atom stereocenters. The van der Waals surface area contributed by atoms with Gasteiger partial charge in [-0.15, -0.1) is 12.3 Å². The van der Waals surface area contributed by atoms with E-state index in [0.717, 1.165) is 29.5 Å². The van der Waals surface area contributed by atoms with Gasteiger partial charge in [0.25, 0.3) is 14.1 Å². The van der Waals surface area contributed by atoms with Crippen LogP contribution in [0.5, 0.6) is 11.5 Å². The number of rotatable bonds is 21. The van der Waals surface area contributed by atoms with Gasteiger partial charge >= 0.3 is 5.69 Å². The predicted molar refractivity (Wildman–Crippen MR) is 239 cm³/mol. The minimum Gasteiger partial charge on any atom is -0.497 e. The van der Waals surface area contributed by atoms with Crippen LogP contribution in [-0.2, 0) is 28.9 Å². The van der Waals surface area contributed by atoms with Gasteiger partial charge in [-0.1, -0.05) is 66.4 Å². The number of hydrogen-bond acceptors (Lipinski definition) is 11. The van der Waals surface area contributed by atoms with Gasteiger partial charge in [0.15, 0.2) is 6.23 Å². The molecule has 328 valence electrons. The summed E-state index contributed by atoms with van der Waals surface area (Å²) in [6.45, 7) is 8.23. The number of aromatic nitrogens is 2. The highest BCUT2D eigenvalue weighted by Crippen LogP contribution is 2.51. The van der Waals surface area contributed by atoms with E-state index < -0.39 is 49.9 Å². The fourth-order valence-corrected chi connectivity index (χ4v) is 9.25. The minimum atomic E-state index is -1.83. The molecule has 14 heteroatoms. The van der Waals surface area contributed by atoms with Crippen LogP contribution in [0.15, 0.2) is 94.6 Å². The molecule has 1 aliphatic heterocycles. The van der Waals surface area contributed by atoms with E-state index in [9.17, 15) is 14.9 Å². The van der Waals surface area contributed by atoms with Crippen LogP contribution < -0.4 is 20.7 Å². The Labute approximate surface area is 366 Å². The molecular formula is C48H57N4O9P. The zero-order chi connectivity index (χ0) is 44.6. The average molecular weight is 865 g/mol. The summed E-state index contributed by atoms with van der Waals surface area (Å²) in [5, 5.41) is 9.44. The number of ether oxygens (including phenoxy) is 5. The van der Waals surface area contributed by atoms with Crippen molar-refractivity contribution in [2.75, 3.05) is 34.5 Å². The third-order valence-electron chi connectivity index (χ3n) is 10.4. The summed E-state index contributed by atoms with van der Waals surface area (Å²) >= 11 is 0. The molecule has 2 heterocycles. The molecule has 3 aromatic carbocycles. The van der Waals surface area contributed by atoms with Crippen LogP contribution >= 0.6 is 8.53 Å². The Balaban J connectivity index is 1.65. The van der Waals surface area contributed by atoms with Crippen molar-refractivity contribution < 1.29 is 32.7 Å². The zero-order valence-corrected chi connectivity index (χ0v) is 37.4. The van der Waals surface area contributed by atoms with Gasteiger partial charge in [-0.05, 0) is 81.5 Å². The lowest BCUT2D eigenvalue weighted by Gasteiger charge is -2.39. The number of nitriles is 1. The maximum atomic E-state index is 13.7. The SMILES string of the molecule is C#CCCCCC#Cc1cn([C@@H]2O[C@H](COC(c3ccccc3)(c3ccc(OC)cc3)c3ccc(OC)cc3)[C@@H](OP(OCCC#N)N(C(C)C)C(C)C)[C@H]2OC)c(=O)[nH]c1=O. The highest BCUT2D eigenvalue weighted by molar-refractivity contribution is 7.44. The number of hydrogen-bond donors (Lipinski definition) is 1. The van der Waals surface area contributed by atoms with Gasteiger partial charge in [0, 0.05) is 38.2 Å². The number of terminal acetylenes is 1. The number of aromatic amines is 1. The Bertz CT molecular complexity index is 2230. The smallest absolute Gasteiger partial charge is 0.330 e. The van der Waals surface area contributed by atoms with Crippen LogP contribution in [0.25, 0.3) is 0 Å². The van der Waals surface area contributed by atoms with Crippen LogP contribution in [-0.4, -0.2) is 79.2 Å². The number of methoxy groups -OCH3 is 3. The Morgan fingerprint density at radius 3 is 2.00 bits per heavy atom. The first-order chi connectivity index (χ1) is 30.0. The molecule has 0 aliphatic carbocycles. The summed E-state index contributed by atoms with van der Waals surface area (Å²) in [5.41, 5.74) is -0.0233. The molecule has 5 rings (SSSR count). The fraction of sp³-hybridized carbons (Fsp3) is 0.438. The topological polar surface area (TPSA) is 146 Å². The molecule has 13 nitrogen and oxygen atoms in total. The van der Waals surface area contributed by atoms with E-state index in [-0.39, 0.29) is 37.3 Å². The maximum absolute atomic E-state index is 13.7. The van der Waals surface area contributed by atoms with E-state index in [1.54, 1.807) is 14.2 Å². The Kier molecular flexibility index (Phi) is 17.9. The van der Waals surface area contributed by atoms with Crippen LogP contribution in [0.4, 0.5) is 0 Å². The Hall–Kier alpha value is -5.26. The van der Waals surface area contributed by atoms with Crippen LogP contribution in [0.2, 0.25) is 0 Å². The van der Waals surface area contributed by atoms with Gasteiger partial charge in [-0.25, -0.2) is 9.46 Å². The monoisotopic (exact) mass is 864 g/mol. The first-order valence-electron chi connectivity index (χ1n) is 20.7. The largest absolute Gasteiger partial charge is 0.497 e. The van der Waals surface area contributed by atoms with Gasteiger partial charge in [0.05, 0.1) is 39.9 Å². The van der Waals surface area contributed by atoms with E-state index >= 15 is 0 Å². The van der Waals surface area contributed by atoms with Gasteiger partial charge in [0.2, 0.25) is 0 Å². The molecule has 0 saturated carbocycles. The second-order valence-corrected chi connectivity index (χ2v) is 16.5. The summed E-state index contributed by atoms with van der Waals surface area (Å²) in [7, 11) is 2.91. The highest BCUT2D eigenvalue weighted by Gasteiger charge is 2.51. The third kappa shape index (κ3) is 11.4. The summed E-state index contributed by atoms with van der Waals surface area (Å²) in [6, 6.07) is 27.4. The van der Waals surface area contributed by atoms with E-state index in [2.05, 4.69) is 33.5 Å². The molecule has 62 heavy (non-hydrogen) atoms. The van der Waals surface area contributed by atoms with Gasteiger partial charge in [-0.3, -0.25) is 14.3 Å². The summed E-state index contributed by atoms with van der Waals surface area (Å²) in [4.78, 5) is 29.2. The number of nitrogens with one attached hydrogen (secondary N) is 1. The number of unbranched alkanes of at least 4 members (excludes halogenated alkanes) is 3. The number of nitrogens with zero attached hydrogens (tertiary/aromatic N) is 3. The quantitative estimate of drug-likeness (QED) is 0.0381. The van der Waals surface area contributed by atoms with E-state index in [1.165, 1.54) is 17.9 Å². The number of benzene rings is 3. The first kappa shape index (κ1) is 47.8. The second kappa shape index (κ2) is 23.3. The molecule has 0 bridgehead atoms. The lowest BCUT2D eigenvalue weighted by molar-refractivity contribution is -0.0957. The second-order valence-electron chi connectivity index (χ2n) is 15.1. The van der Waals surface area contributed by atoms with Crippen molar-refractivity contribution in [1.82, 2.24) is 14.2 Å². The van der Waals surface area contributed by atoms with E-state index in [4.69, 9.17) is 39.2 Å². The van der Waals surface area contributed by atoms with Crippen molar-refractivity contribution in [3.63, 3.8) is 0 Å². The van der Waals surface area contributed by atoms with Crippen molar-refractivity contribution >= 4 is 8.53 Å². The van der Waals surface area contributed by atoms with Crippen molar-refractivity contribution in [3.8, 4) is 41.8 Å². The average Bonchev–Trinajstić information content (AvgIpc) is 3.62. The van der Waals surface area contributed by atoms with Crippen LogP contribution in [0.1, 0.15) is 88.3 Å². The van der Waals surface area contributed by atoms with Crippen molar-refractivity contribution in [2.24, 2.45) is 0 Å². The van der Waals surface area contributed by atoms with Crippen LogP contribution in [0.3, 0.4) is 0 Å². The summed E-state index contributed by atoms with van der Waals surface area (Å²) in [5.74, 6) is 9.93. The van der Waals surface area contributed by atoms with Gasteiger partial charge in [0.1, 0.15) is 41.0 Å². The molecule has 0 radical (unpaired) electrons. The molecule has 4 aromatic rings. The van der Waals surface area contributed by atoms with Gasteiger partial charge < -0.3 is 32.7 Å². The van der Waals surface area contributed by atoms with Crippen LogP contribution in [0, 0.1) is 35.5 Å². The molecule has 1 aromatic heterocycles. The molecule has 1 unspecified atom stereocenters. The molecule has 1 fully saturated rings. The Morgan fingerprint density at radius 2 is 1.45 bits per heavy atom. The highest BCUT2D eigenvalue weighted by atomic mass is 31.2. The lowest BCUT2D eigenvalue weighted by Crippen LogP contribution is -2.43. The van der Waals surface area contributed by atoms with Crippen molar-refractivity contribution in [1.29, 1.82) is 5.26 Å². The molecule has 1 N–H and O–H groups in total. The molecule has 1 saturated heterocycles.